The van der Waals surface area contributed by atoms with Crippen LogP contribution in [0.4, 0.5) is 0 Å². The van der Waals surface area contributed by atoms with Crippen molar-refractivity contribution in [3.8, 4) is 0 Å². The van der Waals surface area contributed by atoms with E-state index >= 15 is 0 Å². The Morgan fingerprint density at radius 2 is 1.76 bits per heavy atom. The minimum atomic E-state index is -0.671. The lowest BCUT2D eigenvalue weighted by Gasteiger charge is -2.14. The van der Waals surface area contributed by atoms with Crippen LogP contribution >= 0.6 is 0 Å². The Morgan fingerprint density at radius 3 is 2.38 bits per heavy atom. The fraction of sp³-hybridized carbons (Fsp3) is 0.350. The Kier molecular flexibility index (Phi) is 5.49. The molecule has 2 aromatic heterocycles. The first kappa shape index (κ1) is 20.2. The number of benzene rings is 1. The van der Waals surface area contributed by atoms with E-state index in [9.17, 15) is 19.2 Å². The second kappa shape index (κ2) is 7.86. The monoisotopic (exact) mass is 397 g/mol. The van der Waals surface area contributed by atoms with Gasteiger partial charge in [0, 0.05) is 33.1 Å². The van der Waals surface area contributed by atoms with E-state index < -0.39 is 17.3 Å². The summed E-state index contributed by atoms with van der Waals surface area (Å²) in [4.78, 5) is 52.7. The molecular weight excluding hydrogens is 374 g/mol. The number of hydrogen-bond acceptors (Lipinski definition) is 5. The number of Topliss-reactive ketones (excluding diaryl/α,β-unsaturated/α-hetero) is 1. The Balaban J connectivity index is 1.88. The standard InChI is InChI=1S/C20H23N5O4/c1-12(17(27)15-7-5-14(6-8-15)9-10-21-13(2)26)25-11-22-18-16(25)19(28)24(4)20(29)23(18)3/h5-8,11-12H,9-10H2,1-4H3,(H,21,26)/t12-/m1/s1. The summed E-state index contributed by atoms with van der Waals surface area (Å²) in [6.07, 6.45) is 2.08. The molecule has 3 aromatic rings. The maximum Gasteiger partial charge on any atom is 0.332 e. The van der Waals surface area contributed by atoms with E-state index in [1.807, 2.05) is 12.1 Å². The summed E-state index contributed by atoms with van der Waals surface area (Å²) in [5, 5.41) is 2.73. The van der Waals surface area contributed by atoms with Gasteiger partial charge in [0.25, 0.3) is 5.56 Å². The number of amides is 1. The third-order valence-corrected chi connectivity index (χ3v) is 5.00. The first-order valence-corrected chi connectivity index (χ1v) is 9.22. The van der Waals surface area contributed by atoms with Gasteiger partial charge in [-0.2, -0.15) is 0 Å². The molecule has 0 fully saturated rings. The van der Waals surface area contributed by atoms with Gasteiger partial charge >= 0.3 is 5.69 Å². The normalized spacial score (nSPS) is 12.1. The third kappa shape index (κ3) is 3.75. The van der Waals surface area contributed by atoms with E-state index in [0.29, 0.717) is 18.5 Å². The number of rotatable bonds is 6. The van der Waals surface area contributed by atoms with Gasteiger partial charge in [0.1, 0.15) is 0 Å². The quantitative estimate of drug-likeness (QED) is 0.612. The second-order valence-electron chi connectivity index (χ2n) is 7.00. The molecule has 1 aromatic carbocycles. The van der Waals surface area contributed by atoms with Crippen molar-refractivity contribution in [1.82, 2.24) is 24.0 Å². The summed E-state index contributed by atoms with van der Waals surface area (Å²) in [5.74, 6) is -0.254. The lowest BCUT2D eigenvalue weighted by Crippen LogP contribution is -2.38. The van der Waals surface area contributed by atoms with Crippen molar-refractivity contribution < 1.29 is 9.59 Å². The molecule has 1 N–H and O–H groups in total. The molecule has 3 rings (SSSR count). The molecule has 0 unspecified atom stereocenters. The summed E-state index contributed by atoms with van der Waals surface area (Å²) in [6, 6.07) is 6.48. The molecule has 0 aliphatic rings. The van der Waals surface area contributed by atoms with Gasteiger partial charge in [-0.25, -0.2) is 9.78 Å². The molecule has 9 nitrogen and oxygen atoms in total. The molecule has 1 amide bonds. The zero-order valence-electron chi connectivity index (χ0n) is 16.8. The SMILES string of the molecule is CC(=O)NCCc1ccc(C(=O)[C@@H](C)n2cnc3c2c(=O)n(C)c(=O)n3C)cc1. The maximum absolute atomic E-state index is 13.0. The molecule has 2 heterocycles. The first-order chi connectivity index (χ1) is 13.7. The summed E-state index contributed by atoms with van der Waals surface area (Å²) in [5.41, 5.74) is 0.993. The fourth-order valence-corrected chi connectivity index (χ4v) is 3.24. The van der Waals surface area contributed by atoms with E-state index in [-0.39, 0.29) is 22.9 Å². The highest BCUT2D eigenvalue weighted by Gasteiger charge is 2.22. The number of aromatic nitrogens is 4. The predicted molar refractivity (Wildman–Crippen MR) is 108 cm³/mol. The zero-order chi connectivity index (χ0) is 21.3. The smallest absolute Gasteiger partial charge is 0.332 e. The van der Waals surface area contributed by atoms with Crippen molar-refractivity contribution >= 4 is 22.9 Å². The van der Waals surface area contributed by atoms with Gasteiger partial charge in [-0.1, -0.05) is 24.3 Å². The molecule has 0 saturated carbocycles. The van der Waals surface area contributed by atoms with Crippen molar-refractivity contribution in [3.63, 3.8) is 0 Å². The average Bonchev–Trinajstić information content (AvgIpc) is 3.15. The van der Waals surface area contributed by atoms with Crippen molar-refractivity contribution in [2.75, 3.05) is 6.54 Å². The van der Waals surface area contributed by atoms with Gasteiger partial charge < -0.3 is 9.88 Å². The van der Waals surface area contributed by atoms with E-state index in [4.69, 9.17) is 0 Å². The summed E-state index contributed by atoms with van der Waals surface area (Å²) < 4.78 is 3.79. The summed E-state index contributed by atoms with van der Waals surface area (Å²) in [6.45, 7) is 3.69. The maximum atomic E-state index is 13.0. The van der Waals surface area contributed by atoms with Crippen LogP contribution in [0, 0.1) is 0 Å². The number of aryl methyl sites for hydroxylation is 1. The fourth-order valence-electron chi connectivity index (χ4n) is 3.24. The molecule has 0 bridgehead atoms. The summed E-state index contributed by atoms with van der Waals surface area (Å²) in [7, 11) is 2.93. The molecule has 29 heavy (non-hydrogen) atoms. The van der Waals surface area contributed by atoms with E-state index in [1.54, 1.807) is 19.1 Å². The molecule has 0 spiro atoms. The largest absolute Gasteiger partial charge is 0.356 e. The number of imidazole rings is 1. The van der Waals surface area contributed by atoms with Crippen molar-refractivity contribution in [2.24, 2.45) is 14.1 Å². The van der Waals surface area contributed by atoms with Crippen LogP contribution in [0.3, 0.4) is 0 Å². The molecule has 9 heteroatoms. The van der Waals surface area contributed by atoms with Gasteiger partial charge in [0.2, 0.25) is 5.91 Å². The van der Waals surface area contributed by atoms with Crippen LogP contribution in [0.15, 0.2) is 40.2 Å². The molecule has 0 radical (unpaired) electrons. The topological polar surface area (TPSA) is 108 Å². The number of carbonyl (C=O) groups excluding carboxylic acids is 2. The number of ketones is 1. The average molecular weight is 397 g/mol. The van der Waals surface area contributed by atoms with Crippen LogP contribution < -0.4 is 16.6 Å². The van der Waals surface area contributed by atoms with Gasteiger partial charge in [0.15, 0.2) is 16.9 Å². The summed E-state index contributed by atoms with van der Waals surface area (Å²) >= 11 is 0. The van der Waals surface area contributed by atoms with Crippen molar-refractivity contribution in [3.05, 3.63) is 62.6 Å². The van der Waals surface area contributed by atoms with Crippen LogP contribution in [0.25, 0.3) is 11.2 Å². The van der Waals surface area contributed by atoms with Crippen LogP contribution in [-0.4, -0.2) is 36.9 Å². The lowest BCUT2D eigenvalue weighted by molar-refractivity contribution is -0.118. The first-order valence-electron chi connectivity index (χ1n) is 9.22. The highest BCUT2D eigenvalue weighted by atomic mass is 16.2. The molecule has 0 aliphatic heterocycles. The van der Waals surface area contributed by atoms with Crippen molar-refractivity contribution in [2.45, 2.75) is 26.3 Å². The molecule has 1 atom stereocenters. The highest BCUT2D eigenvalue weighted by Crippen LogP contribution is 2.18. The Bertz CT molecular complexity index is 1200. The Hall–Kier alpha value is -3.49. The van der Waals surface area contributed by atoms with Crippen molar-refractivity contribution in [1.29, 1.82) is 0 Å². The van der Waals surface area contributed by atoms with Gasteiger partial charge in [0.05, 0.1) is 12.4 Å². The molecular formula is C20H23N5O4. The minimum absolute atomic E-state index is 0.0816. The minimum Gasteiger partial charge on any atom is -0.356 e. The van der Waals surface area contributed by atoms with E-state index in [1.165, 1.54) is 36.5 Å². The van der Waals surface area contributed by atoms with E-state index in [0.717, 1.165) is 10.1 Å². The van der Waals surface area contributed by atoms with Crippen LogP contribution in [0.5, 0.6) is 0 Å². The van der Waals surface area contributed by atoms with Crippen LogP contribution in [0.2, 0.25) is 0 Å². The molecule has 152 valence electrons. The van der Waals surface area contributed by atoms with Gasteiger partial charge in [-0.15, -0.1) is 0 Å². The zero-order valence-corrected chi connectivity index (χ0v) is 16.8. The molecule has 0 saturated heterocycles. The predicted octanol–water partition coefficient (Wildman–Crippen LogP) is 0.556. The highest BCUT2D eigenvalue weighted by molar-refractivity contribution is 5.99. The number of carbonyl (C=O) groups is 2. The number of hydrogen-bond donors (Lipinski definition) is 1. The van der Waals surface area contributed by atoms with Gasteiger partial charge in [-0.05, 0) is 18.9 Å². The Labute approximate surface area is 166 Å². The Morgan fingerprint density at radius 1 is 1.10 bits per heavy atom. The second-order valence-corrected chi connectivity index (χ2v) is 7.00. The van der Waals surface area contributed by atoms with Gasteiger partial charge in [-0.3, -0.25) is 23.5 Å². The van der Waals surface area contributed by atoms with Crippen LogP contribution in [-0.2, 0) is 25.3 Å². The lowest BCUT2D eigenvalue weighted by atomic mass is 10.0. The number of nitrogens with one attached hydrogen (secondary N) is 1. The number of fused-ring (bicyclic) bond motifs is 1. The van der Waals surface area contributed by atoms with E-state index in [2.05, 4.69) is 10.3 Å². The molecule has 0 aliphatic carbocycles. The number of nitrogens with zero attached hydrogens (tertiary/aromatic N) is 4. The van der Waals surface area contributed by atoms with Crippen LogP contribution in [0.1, 0.15) is 35.8 Å². The third-order valence-electron chi connectivity index (χ3n) is 5.00.